The molecular weight excluding hydrogens is 402 g/mol. The van der Waals surface area contributed by atoms with Crippen LogP contribution in [0.4, 0.5) is 4.39 Å². The highest BCUT2D eigenvalue weighted by molar-refractivity contribution is 6.06. The smallest absolute Gasteiger partial charge is 0.178 e. The van der Waals surface area contributed by atoms with E-state index >= 15 is 0 Å². The predicted molar refractivity (Wildman–Crippen MR) is 112 cm³/mol. The molecule has 0 unspecified atom stereocenters. The molecule has 0 saturated carbocycles. The van der Waals surface area contributed by atoms with E-state index in [-0.39, 0.29) is 19.0 Å². The predicted octanol–water partition coefficient (Wildman–Crippen LogP) is 4.35. The summed E-state index contributed by atoms with van der Waals surface area (Å²) >= 11 is 0. The fourth-order valence-electron chi connectivity index (χ4n) is 4.30. The van der Waals surface area contributed by atoms with E-state index in [2.05, 4.69) is 0 Å². The van der Waals surface area contributed by atoms with Crippen LogP contribution >= 0.6 is 0 Å². The Labute approximate surface area is 179 Å². The van der Waals surface area contributed by atoms with Crippen molar-refractivity contribution >= 4 is 11.9 Å². The monoisotopic (exact) mass is 425 g/mol. The molecule has 0 bridgehead atoms. The van der Waals surface area contributed by atoms with Gasteiger partial charge in [0.15, 0.2) is 17.3 Å². The van der Waals surface area contributed by atoms with Crippen LogP contribution < -0.4 is 23.7 Å². The second-order valence-corrected chi connectivity index (χ2v) is 8.28. The molecule has 0 radical (unpaired) electrons. The summed E-state index contributed by atoms with van der Waals surface area (Å²) in [5.41, 5.74) is 1.52. The lowest BCUT2D eigenvalue weighted by molar-refractivity contribution is 0.0552. The molecule has 5 rings (SSSR count). The van der Waals surface area contributed by atoms with E-state index in [0.29, 0.717) is 39.9 Å². The average Bonchev–Trinajstić information content (AvgIpc) is 2.75. The quantitative estimate of drug-likeness (QED) is 0.726. The van der Waals surface area contributed by atoms with Gasteiger partial charge >= 0.3 is 0 Å². The zero-order valence-corrected chi connectivity index (χ0v) is 17.6. The molecule has 0 amide bonds. The Morgan fingerprint density at radius 2 is 2.03 bits per heavy atom. The highest BCUT2D eigenvalue weighted by atomic mass is 18.2. The Kier molecular flexibility index (Phi) is 4.57. The molecule has 3 heterocycles. The summed E-state index contributed by atoms with van der Waals surface area (Å²) in [5, 5.41) is 0. The lowest BCUT2D eigenvalue weighted by Crippen LogP contribution is -2.43. The summed E-state index contributed by atoms with van der Waals surface area (Å²) < 4.78 is 41.6. The van der Waals surface area contributed by atoms with Crippen molar-refractivity contribution in [1.82, 2.24) is 0 Å². The van der Waals surface area contributed by atoms with E-state index < -0.39 is 24.3 Å². The maximum atomic E-state index is 13.6. The molecule has 31 heavy (non-hydrogen) atoms. The van der Waals surface area contributed by atoms with Crippen LogP contribution in [0.15, 0.2) is 30.3 Å². The Morgan fingerprint density at radius 1 is 1.19 bits per heavy atom. The second kappa shape index (κ2) is 7.18. The second-order valence-electron chi connectivity index (χ2n) is 8.28. The third-order valence-electron chi connectivity index (χ3n) is 5.74. The van der Waals surface area contributed by atoms with Crippen molar-refractivity contribution < 1.29 is 32.9 Å². The summed E-state index contributed by atoms with van der Waals surface area (Å²) in [4.78, 5) is 13.6. The number of hydrogen-bond donors (Lipinski definition) is 0. The normalized spacial score (nSPS) is 22.0. The highest BCUT2D eigenvalue weighted by Gasteiger charge is 2.45. The Hall–Kier alpha value is -3.22. The molecule has 6 nitrogen and oxygen atoms in total. The van der Waals surface area contributed by atoms with Gasteiger partial charge in [0, 0.05) is 11.6 Å². The molecule has 0 N–H and O–H groups in total. The first-order valence-corrected chi connectivity index (χ1v) is 10.2. The molecule has 3 aliphatic rings. The molecule has 2 aromatic carbocycles. The number of benzene rings is 2. The van der Waals surface area contributed by atoms with Gasteiger partial charge in [-0.15, -0.1) is 0 Å². The lowest BCUT2D eigenvalue weighted by atomic mass is 9.81. The molecule has 2 aromatic rings. The minimum absolute atomic E-state index is 0.0451. The van der Waals surface area contributed by atoms with Gasteiger partial charge in [0.2, 0.25) is 0 Å². The Balaban J connectivity index is 1.56. The molecule has 0 aromatic heterocycles. The largest absolute Gasteiger partial charge is 0.493 e. The number of carbonyl (C=O) groups is 1. The van der Waals surface area contributed by atoms with E-state index in [1.807, 2.05) is 32.1 Å². The first-order chi connectivity index (χ1) is 14.9. The topological polar surface area (TPSA) is 63.2 Å². The van der Waals surface area contributed by atoms with Crippen LogP contribution in [0.1, 0.15) is 41.3 Å². The fraction of sp³-hybridized carbons (Fsp3) is 0.375. The number of methoxy groups -OCH3 is 1. The van der Waals surface area contributed by atoms with Crippen LogP contribution in [0, 0.1) is 0 Å². The number of ether oxygens (including phenoxy) is 5. The molecule has 0 aliphatic carbocycles. The number of hydrogen-bond acceptors (Lipinski definition) is 6. The summed E-state index contributed by atoms with van der Waals surface area (Å²) in [5.74, 6) is 1.93. The number of alkyl halides is 1. The van der Waals surface area contributed by atoms with Crippen molar-refractivity contribution in [3.63, 3.8) is 0 Å². The summed E-state index contributed by atoms with van der Waals surface area (Å²) in [6.07, 6.45) is 3.41. The van der Waals surface area contributed by atoms with Crippen LogP contribution in [-0.2, 0) is 0 Å². The minimum atomic E-state index is -0.616. The van der Waals surface area contributed by atoms with Gasteiger partial charge in [-0.3, -0.25) is 4.79 Å². The maximum absolute atomic E-state index is 13.6. The van der Waals surface area contributed by atoms with Gasteiger partial charge in [-0.05, 0) is 44.2 Å². The Bertz CT molecular complexity index is 1090. The number of fused-ring (bicyclic) bond motifs is 6. The molecule has 0 spiro atoms. The minimum Gasteiger partial charge on any atom is -0.493 e. The third-order valence-corrected chi connectivity index (χ3v) is 5.74. The molecule has 0 saturated heterocycles. The van der Waals surface area contributed by atoms with Crippen molar-refractivity contribution in [1.29, 1.82) is 0 Å². The average molecular weight is 425 g/mol. The van der Waals surface area contributed by atoms with Crippen LogP contribution in [0.5, 0.6) is 28.7 Å². The molecule has 7 heteroatoms. The zero-order chi connectivity index (χ0) is 21.8. The third kappa shape index (κ3) is 3.19. The molecule has 3 aliphatic heterocycles. The van der Waals surface area contributed by atoms with Crippen molar-refractivity contribution in [2.24, 2.45) is 0 Å². The number of carbonyl (C=O) groups excluding carboxylic acids is 1. The highest BCUT2D eigenvalue weighted by Crippen LogP contribution is 2.49. The number of rotatable bonds is 4. The van der Waals surface area contributed by atoms with Crippen LogP contribution in [0.25, 0.3) is 6.08 Å². The number of halogens is 1. The van der Waals surface area contributed by atoms with Crippen LogP contribution in [0.2, 0.25) is 0 Å². The number of Topliss-reactive ketones (excluding diaryl/α,β-unsaturated/α-hetero) is 1. The number of ketones is 1. The lowest BCUT2D eigenvalue weighted by Gasteiger charge is -2.38. The van der Waals surface area contributed by atoms with Gasteiger partial charge in [0.1, 0.15) is 48.8 Å². The van der Waals surface area contributed by atoms with Crippen LogP contribution in [0.3, 0.4) is 0 Å². The summed E-state index contributed by atoms with van der Waals surface area (Å²) in [6, 6.07) is 6.94. The van der Waals surface area contributed by atoms with Gasteiger partial charge in [-0.2, -0.15) is 0 Å². The SMILES string of the molecule is COc1cc2c(cc1OCC[18F])OC[C@H]1Oc3c(ccc4c3C=CC(C)(C)O4)C(=O)[C@@H]21. The van der Waals surface area contributed by atoms with Crippen molar-refractivity contribution in [2.75, 3.05) is 27.0 Å². The van der Waals surface area contributed by atoms with Crippen molar-refractivity contribution in [3.05, 3.63) is 47.0 Å². The molecular formula is C24H23FO6. The van der Waals surface area contributed by atoms with Gasteiger partial charge in [0.25, 0.3) is 0 Å². The van der Waals surface area contributed by atoms with E-state index in [4.69, 9.17) is 23.7 Å². The van der Waals surface area contributed by atoms with Crippen LogP contribution in [-0.4, -0.2) is 44.5 Å². The summed E-state index contributed by atoms with van der Waals surface area (Å²) in [7, 11) is 1.50. The fourth-order valence-corrected chi connectivity index (χ4v) is 4.30. The Morgan fingerprint density at radius 3 is 2.81 bits per heavy atom. The van der Waals surface area contributed by atoms with Gasteiger partial charge < -0.3 is 23.7 Å². The first kappa shape index (κ1) is 19.7. The maximum Gasteiger partial charge on any atom is 0.178 e. The molecule has 162 valence electrons. The standard InChI is InChI=1S/C24H23FO6/c1-24(2)7-6-13-16(31-24)5-4-14-22(26)21-15-10-18(27-3)19(28-9-8-25)11-17(15)29-12-20(21)30-23(13)14/h4-7,10-11,20-21H,8-9,12H2,1-3H3/t20-,21+/m1/s1/i25-1. The molecule has 0 fully saturated rings. The molecule has 2 atom stereocenters. The summed E-state index contributed by atoms with van der Waals surface area (Å²) in [6.45, 7) is 3.44. The van der Waals surface area contributed by atoms with E-state index in [1.165, 1.54) is 7.11 Å². The van der Waals surface area contributed by atoms with Gasteiger partial charge in [-0.25, -0.2) is 4.39 Å². The zero-order valence-electron chi connectivity index (χ0n) is 17.6. The van der Waals surface area contributed by atoms with Crippen molar-refractivity contribution in [2.45, 2.75) is 31.5 Å². The van der Waals surface area contributed by atoms with E-state index in [0.717, 1.165) is 5.56 Å². The van der Waals surface area contributed by atoms with Gasteiger partial charge in [0.05, 0.1) is 24.2 Å². The van der Waals surface area contributed by atoms with Crippen molar-refractivity contribution in [3.8, 4) is 28.7 Å². The first-order valence-electron chi connectivity index (χ1n) is 10.2. The van der Waals surface area contributed by atoms with E-state index in [1.54, 1.807) is 18.2 Å². The van der Waals surface area contributed by atoms with Gasteiger partial charge in [-0.1, -0.05) is 0 Å². The van der Waals surface area contributed by atoms with E-state index in [9.17, 15) is 9.18 Å².